The molecule has 2 aliphatic rings. The molecule has 0 amide bonds. The molecule has 0 unspecified atom stereocenters. The van der Waals surface area contributed by atoms with Crippen LogP contribution in [0.15, 0.2) is 26.9 Å². The van der Waals surface area contributed by atoms with E-state index in [1.54, 1.807) is 6.92 Å². The number of esters is 1. The Hall–Kier alpha value is -2.42. The third-order valence-electron chi connectivity index (χ3n) is 4.92. The molecular formula is C19H19F2N3O3S. The molecule has 1 aliphatic heterocycles. The highest BCUT2D eigenvalue weighted by atomic mass is 32.2. The highest BCUT2D eigenvalue weighted by Gasteiger charge is 2.28. The number of carbonyl (C=O) groups is 1. The van der Waals surface area contributed by atoms with Crippen molar-refractivity contribution in [3.05, 3.63) is 39.7 Å². The first kappa shape index (κ1) is 18.9. The van der Waals surface area contributed by atoms with Crippen molar-refractivity contribution in [2.45, 2.75) is 50.0 Å². The van der Waals surface area contributed by atoms with Gasteiger partial charge in [-0.05, 0) is 37.6 Å². The molecule has 4 rings (SSSR count). The van der Waals surface area contributed by atoms with Crippen LogP contribution in [0, 0.1) is 11.6 Å². The molecule has 0 spiro atoms. The van der Waals surface area contributed by atoms with E-state index in [4.69, 9.17) is 4.74 Å². The third-order valence-corrected chi connectivity index (χ3v) is 5.89. The standard InChI is InChI=1S/C19H19F2N3O3S/c1-2-27-18(26)12-9-24-15-11(16(12)25)8-13(20)14(21)17(15)28-19(23-24)22-10-6-4-3-5-7-10/h8-10H,2-7H2,1H3,(H,22,23). The summed E-state index contributed by atoms with van der Waals surface area (Å²) in [6.07, 6.45) is 6.49. The zero-order chi connectivity index (χ0) is 19.8. The van der Waals surface area contributed by atoms with E-state index in [2.05, 4.69) is 10.4 Å². The smallest absolute Gasteiger partial charge is 0.343 e. The van der Waals surface area contributed by atoms with Crippen LogP contribution in [0.2, 0.25) is 0 Å². The maximum atomic E-state index is 14.5. The molecule has 1 aliphatic carbocycles. The van der Waals surface area contributed by atoms with E-state index >= 15 is 0 Å². The van der Waals surface area contributed by atoms with Crippen LogP contribution in [0.3, 0.4) is 0 Å². The summed E-state index contributed by atoms with van der Waals surface area (Å²) in [4.78, 5) is 29.5. The molecule has 1 aromatic heterocycles. The first-order valence-electron chi connectivity index (χ1n) is 9.26. The highest BCUT2D eigenvalue weighted by molar-refractivity contribution is 8.14. The van der Waals surface area contributed by atoms with Gasteiger partial charge < -0.3 is 4.74 Å². The number of thioether (sulfide) groups is 1. The molecule has 0 atom stereocenters. The van der Waals surface area contributed by atoms with Gasteiger partial charge in [0.25, 0.3) is 0 Å². The number of carbonyl (C=O) groups excluding carboxylic acids is 1. The molecule has 1 N–H and O–H groups in total. The molecule has 9 heteroatoms. The Kier molecular flexibility index (Phi) is 5.09. The van der Waals surface area contributed by atoms with Gasteiger partial charge in [0, 0.05) is 6.20 Å². The van der Waals surface area contributed by atoms with Crippen LogP contribution >= 0.6 is 11.8 Å². The van der Waals surface area contributed by atoms with Gasteiger partial charge in [0.05, 0.1) is 28.4 Å². The number of benzene rings is 1. The number of pyridine rings is 1. The Bertz CT molecular complexity index is 1050. The maximum Gasteiger partial charge on any atom is 0.343 e. The van der Waals surface area contributed by atoms with E-state index in [1.165, 1.54) is 17.3 Å². The summed E-state index contributed by atoms with van der Waals surface area (Å²) in [5, 5.41) is 0.319. The average Bonchev–Trinajstić information content (AvgIpc) is 2.68. The van der Waals surface area contributed by atoms with E-state index < -0.39 is 23.0 Å². The largest absolute Gasteiger partial charge is 0.462 e. The van der Waals surface area contributed by atoms with Gasteiger partial charge in [-0.2, -0.15) is 0 Å². The summed E-state index contributed by atoms with van der Waals surface area (Å²) in [6, 6.07) is 0.933. The van der Waals surface area contributed by atoms with Crippen LogP contribution in [0.25, 0.3) is 10.9 Å². The molecule has 1 aromatic carbocycles. The lowest BCUT2D eigenvalue weighted by atomic mass is 9.96. The molecule has 6 nitrogen and oxygen atoms in total. The van der Waals surface area contributed by atoms with Crippen molar-refractivity contribution < 1.29 is 18.3 Å². The van der Waals surface area contributed by atoms with E-state index in [-0.39, 0.29) is 34.0 Å². The molecule has 1 fully saturated rings. The van der Waals surface area contributed by atoms with Crippen molar-refractivity contribution in [2.75, 3.05) is 12.0 Å². The van der Waals surface area contributed by atoms with Crippen molar-refractivity contribution >= 4 is 33.8 Å². The van der Waals surface area contributed by atoms with Gasteiger partial charge in [-0.25, -0.2) is 13.6 Å². The Morgan fingerprint density at radius 3 is 2.82 bits per heavy atom. The summed E-state index contributed by atoms with van der Waals surface area (Å²) in [6.45, 7) is 1.72. The summed E-state index contributed by atoms with van der Waals surface area (Å²) in [5.74, 6) is -2.99. The molecule has 28 heavy (non-hydrogen) atoms. The molecule has 148 valence electrons. The second kappa shape index (κ2) is 7.54. The van der Waals surface area contributed by atoms with Crippen molar-refractivity contribution in [2.24, 2.45) is 4.99 Å². The van der Waals surface area contributed by atoms with Crippen molar-refractivity contribution in [1.82, 2.24) is 4.68 Å². The number of ether oxygens (including phenoxy) is 1. The Balaban J connectivity index is 1.87. The molecule has 0 saturated heterocycles. The predicted molar refractivity (Wildman–Crippen MR) is 104 cm³/mol. The minimum Gasteiger partial charge on any atom is -0.462 e. The first-order chi connectivity index (χ1) is 13.5. The van der Waals surface area contributed by atoms with Crippen molar-refractivity contribution in [3.63, 3.8) is 0 Å². The van der Waals surface area contributed by atoms with Crippen LogP contribution in [-0.4, -0.2) is 28.5 Å². The Morgan fingerprint density at radius 1 is 1.36 bits per heavy atom. The van der Waals surface area contributed by atoms with Crippen LogP contribution in [0.4, 0.5) is 8.78 Å². The molecule has 1 saturated carbocycles. The van der Waals surface area contributed by atoms with Crippen LogP contribution in [-0.2, 0) is 4.74 Å². The molecular weight excluding hydrogens is 388 g/mol. The number of amidine groups is 1. The fourth-order valence-corrected chi connectivity index (χ4v) is 4.62. The monoisotopic (exact) mass is 407 g/mol. The van der Waals surface area contributed by atoms with E-state index in [1.807, 2.05) is 0 Å². The fraction of sp³-hybridized carbons (Fsp3) is 0.421. The molecule has 0 bridgehead atoms. The second-order valence-corrected chi connectivity index (χ2v) is 7.80. The van der Waals surface area contributed by atoms with E-state index in [0.29, 0.717) is 5.17 Å². The zero-order valence-corrected chi connectivity index (χ0v) is 16.1. The molecule has 0 radical (unpaired) electrons. The van der Waals surface area contributed by atoms with Gasteiger partial charge in [-0.1, -0.05) is 19.3 Å². The fourth-order valence-electron chi connectivity index (χ4n) is 3.59. The summed E-state index contributed by atoms with van der Waals surface area (Å²) in [7, 11) is 0. The van der Waals surface area contributed by atoms with Crippen LogP contribution in [0.5, 0.6) is 0 Å². The SMILES string of the molecule is CCOC(=O)c1cn2c3c(c(F)c(F)cc3c1=O)SC(=NC1CCCCC1)N2. The van der Waals surface area contributed by atoms with Crippen molar-refractivity contribution in [1.29, 1.82) is 0 Å². The molecule has 2 heterocycles. The van der Waals surface area contributed by atoms with Gasteiger partial charge in [0.2, 0.25) is 5.43 Å². The normalized spacial score (nSPS) is 18.3. The number of aliphatic imine (C=N–C) groups is 1. The number of halogens is 2. The summed E-state index contributed by atoms with van der Waals surface area (Å²) >= 11 is 0.965. The number of hydrogen-bond acceptors (Lipinski definition) is 5. The minimum atomic E-state index is -1.14. The Labute approximate surface area is 163 Å². The lowest BCUT2D eigenvalue weighted by molar-refractivity contribution is 0.0524. The van der Waals surface area contributed by atoms with Crippen LogP contribution in [0.1, 0.15) is 49.4 Å². The van der Waals surface area contributed by atoms with E-state index in [0.717, 1.165) is 43.5 Å². The number of hydrogen-bond donors (Lipinski definition) is 1. The number of nitrogens with zero attached hydrogens (tertiary/aromatic N) is 2. The van der Waals surface area contributed by atoms with E-state index in [9.17, 15) is 18.4 Å². The number of nitrogens with one attached hydrogen (secondary N) is 1. The van der Waals surface area contributed by atoms with Gasteiger partial charge in [-0.3, -0.25) is 19.9 Å². The highest BCUT2D eigenvalue weighted by Crippen LogP contribution is 2.35. The van der Waals surface area contributed by atoms with Gasteiger partial charge in [0.15, 0.2) is 16.8 Å². The van der Waals surface area contributed by atoms with Gasteiger partial charge in [0.1, 0.15) is 5.56 Å². The van der Waals surface area contributed by atoms with Crippen molar-refractivity contribution in [3.8, 4) is 0 Å². The predicted octanol–water partition coefficient (Wildman–Crippen LogP) is 3.79. The Morgan fingerprint density at radius 2 is 2.11 bits per heavy atom. The quantitative estimate of drug-likeness (QED) is 0.784. The average molecular weight is 407 g/mol. The summed E-state index contributed by atoms with van der Waals surface area (Å²) in [5.41, 5.74) is 2.26. The minimum absolute atomic E-state index is 0.0178. The topological polar surface area (TPSA) is 72.7 Å². The van der Waals surface area contributed by atoms with Gasteiger partial charge in [-0.15, -0.1) is 0 Å². The number of rotatable bonds is 3. The van der Waals surface area contributed by atoms with Gasteiger partial charge >= 0.3 is 5.97 Å². The third kappa shape index (κ3) is 3.28. The van der Waals surface area contributed by atoms with Crippen LogP contribution < -0.4 is 10.9 Å². The lowest BCUT2D eigenvalue weighted by Gasteiger charge is -2.25. The lowest BCUT2D eigenvalue weighted by Crippen LogP contribution is -2.31. The summed E-state index contributed by atoms with van der Waals surface area (Å²) < 4.78 is 35.0. The number of aromatic nitrogens is 1. The maximum absolute atomic E-state index is 14.5. The molecule has 2 aromatic rings. The second-order valence-electron chi connectivity index (χ2n) is 6.80. The zero-order valence-electron chi connectivity index (χ0n) is 15.3. The first-order valence-corrected chi connectivity index (χ1v) is 10.1.